The van der Waals surface area contributed by atoms with Gasteiger partial charge in [0.1, 0.15) is 10.1 Å². The molecule has 0 unspecified atom stereocenters. The van der Waals surface area contributed by atoms with Crippen molar-refractivity contribution in [2.75, 3.05) is 0 Å². The smallest absolute Gasteiger partial charge is 0.167 e. The molecule has 2 nitrogen and oxygen atoms in total. The van der Waals surface area contributed by atoms with Gasteiger partial charge in [0.05, 0.1) is 9.91 Å². The molecule has 1 aliphatic rings. The van der Waals surface area contributed by atoms with Crippen molar-refractivity contribution in [3.8, 4) is 11.1 Å². The summed E-state index contributed by atoms with van der Waals surface area (Å²) < 4.78 is 1.24. The Kier molecular flexibility index (Phi) is 5.02. The Hall–Kier alpha value is -1.29. The Labute approximate surface area is 162 Å². The van der Waals surface area contributed by atoms with Gasteiger partial charge < -0.3 is 5.11 Å². The molecular formula is C20H20Cl2O2S. The molecule has 5 heteroatoms. The number of ketones is 1. The molecule has 0 aliphatic heterocycles. The Morgan fingerprint density at radius 3 is 2.44 bits per heavy atom. The number of aliphatic hydroxyl groups excluding tert-OH is 1. The van der Waals surface area contributed by atoms with Crippen LogP contribution >= 0.6 is 34.5 Å². The van der Waals surface area contributed by atoms with Gasteiger partial charge in [0.25, 0.3) is 0 Å². The lowest BCUT2D eigenvalue weighted by Crippen LogP contribution is -2.25. The highest BCUT2D eigenvalue weighted by molar-refractivity contribution is 7.20. The van der Waals surface area contributed by atoms with Crippen LogP contribution in [-0.4, -0.2) is 10.9 Å². The van der Waals surface area contributed by atoms with Gasteiger partial charge in [-0.05, 0) is 40.7 Å². The van der Waals surface area contributed by atoms with Crippen LogP contribution in [-0.2, 0) is 11.2 Å². The highest BCUT2D eigenvalue weighted by atomic mass is 35.5. The monoisotopic (exact) mass is 394 g/mol. The summed E-state index contributed by atoms with van der Waals surface area (Å²) in [7, 11) is 0. The van der Waals surface area contributed by atoms with Crippen LogP contribution in [0.4, 0.5) is 0 Å². The first-order valence-electron chi connectivity index (χ1n) is 8.25. The van der Waals surface area contributed by atoms with E-state index in [0.29, 0.717) is 27.1 Å². The summed E-state index contributed by atoms with van der Waals surface area (Å²) in [6.45, 7) is 6.05. The summed E-state index contributed by atoms with van der Waals surface area (Å²) >= 11 is 13.7. The van der Waals surface area contributed by atoms with Crippen LogP contribution in [0.3, 0.4) is 0 Å². The first kappa shape index (κ1) is 18.5. The average Bonchev–Trinajstić information content (AvgIpc) is 2.83. The van der Waals surface area contributed by atoms with E-state index in [2.05, 4.69) is 0 Å². The largest absolute Gasteiger partial charge is 0.512 e. The molecule has 1 N–H and O–H groups in total. The fraction of sp³-hybridized carbons (Fsp3) is 0.350. The van der Waals surface area contributed by atoms with Crippen molar-refractivity contribution in [2.24, 2.45) is 5.41 Å². The number of allylic oxidation sites excluding steroid dienone is 2. The fourth-order valence-electron chi connectivity index (χ4n) is 3.42. The topological polar surface area (TPSA) is 37.3 Å². The van der Waals surface area contributed by atoms with Gasteiger partial charge in [-0.2, -0.15) is 0 Å². The molecule has 0 amide bonds. The predicted molar refractivity (Wildman–Crippen MR) is 107 cm³/mol. The molecule has 1 aliphatic carbocycles. The van der Waals surface area contributed by atoms with E-state index in [1.807, 2.05) is 45.0 Å². The van der Waals surface area contributed by atoms with Crippen LogP contribution in [0.5, 0.6) is 0 Å². The SMILES string of the molecule is CCc1ccc(-c2cc(Cl)sc2Cl)cc1C1=C(O)CC(C)(C)CC1=O. The van der Waals surface area contributed by atoms with E-state index >= 15 is 0 Å². The summed E-state index contributed by atoms with van der Waals surface area (Å²) in [6, 6.07) is 7.77. The van der Waals surface area contributed by atoms with Crippen LogP contribution in [0.1, 0.15) is 44.7 Å². The van der Waals surface area contributed by atoms with Crippen molar-refractivity contribution < 1.29 is 9.90 Å². The van der Waals surface area contributed by atoms with Gasteiger partial charge in [-0.15, -0.1) is 11.3 Å². The van der Waals surface area contributed by atoms with Crippen LogP contribution in [0.2, 0.25) is 8.67 Å². The standard InChI is InChI=1S/C20H20Cl2O2S/c1-4-11-5-6-12(14-8-17(21)25-19(14)22)7-13(11)18-15(23)9-20(2,3)10-16(18)24/h5-8,23H,4,9-10H2,1-3H3. The number of carbonyl (C=O) groups excluding carboxylic acids is 1. The van der Waals surface area contributed by atoms with Crippen molar-refractivity contribution >= 4 is 45.9 Å². The number of benzene rings is 1. The second-order valence-corrected chi connectivity index (χ2v) is 9.51. The molecule has 132 valence electrons. The number of hydrogen-bond acceptors (Lipinski definition) is 3. The molecule has 0 spiro atoms. The predicted octanol–water partition coefficient (Wildman–Crippen LogP) is 6.94. The Morgan fingerprint density at radius 2 is 1.88 bits per heavy atom. The van der Waals surface area contributed by atoms with Crippen LogP contribution in [0.25, 0.3) is 16.7 Å². The van der Waals surface area contributed by atoms with Crippen molar-refractivity contribution in [3.05, 3.63) is 49.8 Å². The maximum atomic E-state index is 12.7. The van der Waals surface area contributed by atoms with Gasteiger partial charge in [0.2, 0.25) is 0 Å². The van der Waals surface area contributed by atoms with E-state index in [1.165, 1.54) is 11.3 Å². The number of carbonyl (C=O) groups is 1. The third kappa shape index (κ3) is 3.64. The lowest BCUT2D eigenvalue weighted by molar-refractivity contribution is -0.116. The maximum Gasteiger partial charge on any atom is 0.167 e. The highest BCUT2D eigenvalue weighted by Gasteiger charge is 2.34. The van der Waals surface area contributed by atoms with Crippen LogP contribution in [0.15, 0.2) is 30.0 Å². The van der Waals surface area contributed by atoms with Crippen molar-refractivity contribution in [2.45, 2.75) is 40.0 Å². The summed E-state index contributed by atoms with van der Waals surface area (Å²) in [5, 5.41) is 10.6. The first-order chi connectivity index (χ1) is 11.7. The normalized spacial score (nSPS) is 17.2. The van der Waals surface area contributed by atoms with Gasteiger partial charge in [-0.25, -0.2) is 0 Å². The zero-order chi connectivity index (χ0) is 18.4. The molecule has 1 aromatic carbocycles. The number of halogens is 2. The van der Waals surface area contributed by atoms with Gasteiger partial charge in [0, 0.05) is 18.4 Å². The number of rotatable bonds is 3. The molecular weight excluding hydrogens is 375 g/mol. The number of Topliss-reactive ketones (excluding diaryl/α,β-unsaturated/α-hetero) is 1. The van der Waals surface area contributed by atoms with Gasteiger partial charge in [0.15, 0.2) is 5.78 Å². The van der Waals surface area contributed by atoms with Gasteiger partial charge in [-0.1, -0.05) is 56.1 Å². The summed E-state index contributed by atoms with van der Waals surface area (Å²) in [5.41, 5.74) is 3.84. The first-order valence-corrected chi connectivity index (χ1v) is 9.83. The molecule has 0 bridgehead atoms. The third-order valence-electron chi connectivity index (χ3n) is 4.58. The van der Waals surface area contributed by atoms with Crippen LogP contribution in [0, 0.1) is 5.41 Å². The maximum absolute atomic E-state index is 12.7. The fourth-order valence-corrected chi connectivity index (χ4v) is 4.92. The Morgan fingerprint density at radius 1 is 1.16 bits per heavy atom. The minimum absolute atomic E-state index is 0.00459. The number of aliphatic hydroxyl groups is 1. The number of hydrogen-bond donors (Lipinski definition) is 1. The summed E-state index contributed by atoms with van der Waals surface area (Å²) in [5.74, 6) is 0.178. The molecule has 0 saturated heterocycles. The summed E-state index contributed by atoms with van der Waals surface area (Å²) in [6.07, 6.45) is 1.72. The van der Waals surface area contributed by atoms with Crippen molar-refractivity contribution in [3.63, 3.8) is 0 Å². The molecule has 2 aromatic rings. The van der Waals surface area contributed by atoms with E-state index in [9.17, 15) is 9.90 Å². The third-order valence-corrected chi connectivity index (χ3v) is 6.07. The molecule has 3 rings (SSSR count). The molecule has 1 aromatic heterocycles. The highest BCUT2D eigenvalue weighted by Crippen LogP contribution is 2.43. The van der Waals surface area contributed by atoms with E-state index in [-0.39, 0.29) is 17.0 Å². The van der Waals surface area contributed by atoms with E-state index in [4.69, 9.17) is 23.2 Å². The molecule has 0 saturated carbocycles. The molecule has 25 heavy (non-hydrogen) atoms. The zero-order valence-corrected chi connectivity index (χ0v) is 16.8. The second-order valence-electron chi connectivity index (χ2n) is 7.23. The minimum Gasteiger partial charge on any atom is -0.512 e. The Balaban J connectivity index is 2.17. The number of aryl methyl sites for hydroxylation is 1. The minimum atomic E-state index is -0.209. The molecule has 0 fully saturated rings. The lowest BCUT2D eigenvalue weighted by Gasteiger charge is -2.30. The quantitative estimate of drug-likeness (QED) is 0.611. The molecule has 0 atom stereocenters. The average molecular weight is 395 g/mol. The van der Waals surface area contributed by atoms with E-state index in [0.717, 1.165) is 28.7 Å². The van der Waals surface area contributed by atoms with Crippen molar-refractivity contribution in [1.29, 1.82) is 0 Å². The van der Waals surface area contributed by atoms with E-state index < -0.39 is 0 Å². The van der Waals surface area contributed by atoms with Gasteiger partial charge in [-0.3, -0.25) is 4.79 Å². The molecule has 0 radical (unpaired) electrons. The van der Waals surface area contributed by atoms with Gasteiger partial charge >= 0.3 is 0 Å². The molecule has 1 heterocycles. The Bertz CT molecular complexity index is 878. The lowest BCUT2D eigenvalue weighted by atomic mass is 9.74. The van der Waals surface area contributed by atoms with Crippen LogP contribution < -0.4 is 0 Å². The van der Waals surface area contributed by atoms with E-state index in [1.54, 1.807) is 0 Å². The second kappa shape index (κ2) is 6.79. The van der Waals surface area contributed by atoms with Crippen molar-refractivity contribution in [1.82, 2.24) is 0 Å². The summed E-state index contributed by atoms with van der Waals surface area (Å²) in [4.78, 5) is 12.7. The zero-order valence-electron chi connectivity index (χ0n) is 14.5. The number of thiophene rings is 1.